The van der Waals surface area contributed by atoms with Crippen molar-refractivity contribution in [3.05, 3.63) is 77.6 Å². The molecular weight excluding hydrogens is 546 g/mol. The summed E-state index contributed by atoms with van der Waals surface area (Å²) in [6, 6.07) is 9.70. The van der Waals surface area contributed by atoms with Crippen LogP contribution in [0, 0.1) is 24.0 Å². The summed E-state index contributed by atoms with van der Waals surface area (Å²) in [6.07, 6.45) is 6.58. The SMILES string of the molecule is CC(C)(C)C.Cc1c(-c2ccccn2)nc2cc(F)cc(F)c2c1Nc1cc(N2CCOCC2)ncc1C1=CCNCC1. The first-order valence-electron chi connectivity index (χ1n) is 14.8. The third-order valence-electron chi connectivity index (χ3n) is 7.05. The number of anilines is 3. The number of ether oxygens (including phenoxy) is 1. The van der Waals surface area contributed by atoms with Gasteiger partial charge in [-0.05, 0) is 43.0 Å². The fourth-order valence-corrected chi connectivity index (χ4v) is 5.09. The van der Waals surface area contributed by atoms with Crippen LogP contribution in [-0.2, 0) is 4.74 Å². The Bertz CT molecular complexity index is 1610. The zero-order chi connectivity index (χ0) is 30.6. The van der Waals surface area contributed by atoms with E-state index in [4.69, 9.17) is 9.72 Å². The number of rotatable bonds is 5. The van der Waals surface area contributed by atoms with E-state index in [1.165, 1.54) is 11.6 Å². The highest BCUT2D eigenvalue weighted by molar-refractivity contribution is 5.99. The number of pyridine rings is 3. The molecule has 0 amide bonds. The molecule has 0 spiro atoms. The van der Waals surface area contributed by atoms with E-state index in [-0.39, 0.29) is 10.9 Å². The first kappa shape index (κ1) is 30.5. The minimum Gasteiger partial charge on any atom is -0.378 e. The molecule has 1 saturated heterocycles. The number of aromatic nitrogens is 3. The van der Waals surface area contributed by atoms with Gasteiger partial charge in [0.25, 0.3) is 0 Å². The van der Waals surface area contributed by atoms with Crippen LogP contribution in [0.15, 0.2) is 54.9 Å². The average Bonchev–Trinajstić information content (AvgIpc) is 2.99. The van der Waals surface area contributed by atoms with Gasteiger partial charge >= 0.3 is 0 Å². The average molecular weight is 587 g/mol. The number of fused-ring (bicyclic) bond motifs is 1. The van der Waals surface area contributed by atoms with Gasteiger partial charge in [0.1, 0.15) is 17.5 Å². The highest BCUT2D eigenvalue weighted by Crippen LogP contribution is 2.39. The lowest BCUT2D eigenvalue weighted by molar-refractivity contribution is 0.122. The molecule has 0 bridgehead atoms. The summed E-state index contributed by atoms with van der Waals surface area (Å²) in [4.78, 5) is 16.1. The van der Waals surface area contributed by atoms with Crippen LogP contribution in [0.2, 0.25) is 0 Å². The molecule has 226 valence electrons. The third kappa shape index (κ3) is 7.53. The third-order valence-corrected chi connectivity index (χ3v) is 7.05. The van der Waals surface area contributed by atoms with Crippen LogP contribution in [0.25, 0.3) is 27.9 Å². The lowest BCUT2D eigenvalue weighted by Gasteiger charge is -2.29. The van der Waals surface area contributed by atoms with E-state index in [0.717, 1.165) is 61.3 Å². The Kier molecular flexibility index (Phi) is 9.32. The van der Waals surface area contributed by atoms with Crippen LogP contribution in [0.5, 0.6) is 0 Å². The Morgan fingerprint density at radius 3 is 2.47 bits per heavy atom. The molecule has 5 heterocycles. The molecule has 0 atom stereocenters. The second kappa shape index (κ2) is 13.1. The standard InChI is InChI=1S/C29H28F2N6O.C5H12/c1-18-28(23-4-2-3-7-33-23)36-25-15-20(30)14-22(31)27(25)29(18)35-24-16-26(37-10-12-38-13-11-37)34-17-21(24)19-5-8-32-9-6-19;1-5(2,3)4/h2-5,7,14-17,32H,6,8-13H2,1H3,(H,34,35,36);1-4H3. The van der Waals surface area contributed by atoms with Crippen LogP contribution in [0.3, 0.4) is 0 Å². The Labute approximate surface area is 252 Å². The number of benzene rings is 1. The Balaban J connectivity index is 0.000000682. The van der Waals surface area contributed by atoms with Crippen LogP contribution in [-0.4, -0.2) is 54.3 Å². The molecule has 43 heavy (non-hydrogen) atoms. The highest BCUT2D eigenvalue weighted by Gasteiger charge is 2.22. The van der Waals surface area contributed by atoms with Gasteiger partial charge in [-0.1, -0.05) is 39.8 Å². The van der Waals surface area contributed by atoms with E-state index < -0.39 is 11.6 Å². The number of hydrogen-bond acceptors (Lipinski definition) is 7. The minimum absolute atomic E-state index is 0.223. The number of morpholine rings is 1. The molecule has 0 saturated carbocycles. The van der Waals surface area contributed by atoms with Crippen molar-refractivity contribution in [1.82, 2.24) is 20.3 Å². The minimum atomic E-state index is -0.677. The fraction of sp³-hybridized carbons (Fsp3) is 0.382. The molecule has 0 unspecified atom stereocenters. The quantitative estimate of drug-likeness (QED) is 0.254. The van der Waals surface area contributed by atoms with Gasteiger partial charge in [-0.2, -0.15) is 0 Å². The van der Waals surface area contributed by atoms with Crippen LogP contribution >= 0.6 is 0 Å². The maximum Gasteiger partial charge on any atom is 0.137 e. The molecule has 0 radical (unpaired) electrons. The Morgan fingerprint density at radius 2 is 1.79 bits per heavy atom. The van der Waals surface area contributed by atoms with Crippen LogP contribution < -0.4 is 15.5 Å². The monoisotopic (exact) mass is 586 g/mol. The smallest absolute Gasteiger partial charge is 0.137 e. The van der Waals surface area contributed by atoms with Crippen molar-refractivity contribution in [2.24, 2.45) is 5.41 Å². The summed E-state index contributed by atoms with van der Waals surface area (Å²) >= 11 is 0. The van der Waals surface area contributed by atoms with Crippen molar-refractivity contribution in [3.63, 3.8) is 0 Å². The molecule has 2 aliphatic rings. The molecule has 2 N–H and O–H groups in total. The zero-order valence-electron chi connectivity index (χ0n) is 25.6. The fourth-order valence-electron chi connectivity index (χ4n) is 5.09. The van der Waals surface area contributed by atoms with Crippen molar-refractivity contribution >= 4 is 33.7 Å². The predicted octanol–water partition coefficient (Wildman–Crippen LogP) is 7.29. The summed E-state index contributed by atoms with van der Waals surface area (Å²) in [5.41, 5.74) is 6.09. The van der Waals surface area contributed by atoms with Gasteiger partial charge in [-0.25, -0.2) is 18.7 Å². The Hall–Kier alpha value is -3.95. The zero-order valence-corrected chi connectivity index (χ0v) is 25.6. The number of nitrogens with zero attached hydrogens (tertiary/aromatic N) is 4. The lowest BCUT2D eigenvalue weighted by Crippen LogP contribution is -2.36. The van der Waals surface area contributed by atoms with Crippen molar-refractivity contribution in [1.29, 1.82) is 0 Å². The van der Waals surface area contributed by atoms with E-state index in [2.05, 4.69) is 59.3 Å². The summed E-state index contributed by atoms with van der Waals surface area (Å²) in [5.74, 6) is -0.527. The normalized spacial score (nSPS) is 15.5. The lowest BCUT2D eigenvalue weighted by atomic mass is 9.99. The molecule has 6 rings (SSSR count). The Morgan fingerprint density at radius 1 is 1.02 bits per heavy atom. The summed E-state index contributed by atoms with van der Waals surface area (Å²) < 4.78 is 35.2. The second-order valence-corrected chi connectivity index (χ2v) is 12.5. The van der Waals surface area contributed by atoms with Crippen molar-refractivity contribution in [2.45, 2.75) is 41.0 Å². The second-order valence-electron chi connectivity index (χ2n) is 12.5. The molecule has 3 aromatic heterocycles. The van der Waals surface area contributed by atoms with Crippen molar-refractivity contribution in [3.8, 4) is 11.4 Å². The molecule has 7 nitrogen and oxygen atoms in total. The van der Waals surface area contributed by atoms with Crippen LogP contribution in [0.1, 0.15) is 45.2 Å². The van der Waals surface area contributed by atoms with Gasteiger partial charge in [0.2, 0.25) is 0 Å². The van der Waals surface area contributed by atoms with Crippen LogP contribution in [0.4, 0.5) is 26.0 Å². The first-order chi connectivity index (χ1) is 20.6. The summed E-state index contributed by atoms with van der Waals surface area (Å²) in [6.45, 7) is 15.0. The molecule has 1 fully saturated rings. The van der Waals surface area contributed by atoms with Gasteiger partial charge in [0, 0.05) is 61.4 Å². The number of halogens is 2. The molecule has 4 aromatic rings. The molecule has 9 heteroatoms. The summed E-state index contributed by atoms with van der Waals surface area (Å²) in [7, 11) is 0. The largest absolute Gasteiger partial charge is 0.378 e. The van der Waals surface area contributed by atoms with Crippen molar-refractivity contribution < 1.29 is 13.5 Å². The topological polar surface area (TPSA) is 75.2 Å². The highest BCUT2D eigenvalue weighted by atomic mass is 19.1. The van der Waals surface area contributed by atoms with Gasteiger partial charge in [0.05, 0.1) is 46.9 Å². The first-order valence-corrected chi connectivity index (χ1v) is 14.8. The molecule has 0 aliphatic carbocycles. The van der Waals surface area contributed by atoms with E-state index in [1.54, 1.807) is 6.20 Å². The summed E-state index contributed by atoms with van der Waals surface area (Å²) in [5, 5.41) is 7.13. The van der Waals surface area contributed by atoms with Gasteiger partial charge in [0.15, 0.2) is 0 Å². The molecular formula is C34H40F2N6O. The number of hydrogen-bond donors (Lipinski definition) is 2. The molecule has 1 aromatic carbocycles. The predicted molar refractivity (Wildman–Crippen MR) is 171 cm³/mol. The number of nitrogens with one attached hydrogen (secondary N) is 2. The molecule has 2 aliphatic heterocycles. The van der Waals surface area contributed by atoms with E-state index in [1.807, 2.05) is 37.4 Å². The van der Waals surface area contributed by atoms with E-state index in [9.17, 15) is 4.39 Å². The van der Waals surface area contributed by atoms with Gasteiger partial charge in [-0.15, -0.1) is 0 Å². The van der Waals surface area contributed by atoms with Gasteiger partial charge in [-0.3, -0.25) is 4.98 Å². The van der Waals surface area contributed by atoms with E-state index >= 15 is 4.39 Å². The maximum atomic E-state index is 15.4. The van der Waals surface area contributed by atoms with E-state index in [0.29, 0.717) is 35.7 Å². The maximum absolute atomic E-state index is 15.4. The van der Waals surface area contributed by atoms with Crippen molar-refractivity contribution in [2.75, 3.05) is 49.6 Å². The van der Waals surface area contributed by atoms with Gasteiger partial charge < -0.3 is 20.3 Å².